The third-order valence-corrected chi connectivity index (χ3v) is 1.34. The molecule has 9 heavy (non-hydrogen) atoms. The van der Waals surface area contributed by atoms with Gasteiger partial charge in [0.2, 0.25) is 0 Å². The van der Waals surface area contributed by atoms with Crippen molar-refractivity contribution in [2.24, 2.45) is 0 Å². The summed E-state index contributed by atoms with van der Waals surface area (Å²) in [7, 11) is 0. The molecule has 1 nitrogen and oxygen atoms in total. The van der Waals surface area contributed by atoms with E-state index in [0.29, 0.717) is 0 Å². The molecule has 1 radical (unpaired) electrons. The second kappa shape index (κ2) is 3.46. The van der Waals surface area contributed by atoms with Crippen molar-refractivity contribution in [2.45, 2.75) is 12.8 Å². The van der Waals surface area contributed by atoms with Gasteiger partial charge in [-0.25, -0.2) is 0 Å². The van der Waals surface area contributed by atoms with Crippen LogP contribution in [0.4, 0.5) is 0 Å². The van der Waals surface area contributed by atoms with E-state index >= 15 is 0 Å². The summed E-state index contributed by atoms with van der Waals surface area (Å²) in [5.41, 5.74) is 1.23. The van der Waals surface area contributed by atoms with Gasteiger partial charge in [-0.2, -0.15) is 0 Å². The smallest absolute Gasteiger partial charge is 0.0471 e. The van der Waals surface area contributed by atoms with Crippen LogP contribution in [0.5, 0.6) is 0 Å². The molecule has 1 aliphatic rings. The van der Waals surface area contributed by atoms with Crippen LogP contribution in [-0.4, -0.2) is 11.7 Å². The number of allylic oxidation sites excluding steroid dienone is 3. The van der Waals surface area contributed by atoms with E-state index in [1.54, 1.807) is 0 Å². The summed E-state index contributed by atoms with van der Waals surface area (Å²) in [4.78, 5) is 0. The van der Waals surface area contributed by atoms with Crippen molar-refractivity contribution >= 4 is 0 Å². The van der Waals surface area contributed by atoms with Crippen molar-refractivity contribution in [3.05, 3.63) is 30.2 Å². The third kappa shape index (κ3) is 2.02. The zero-order valence-corrected chi connectivity index (χ0v) is 5.38. The summed E-state index contributed by atoms with van der Waals surface area (Å²) >= 11 is 0. The molecule has 0 amide bonds. The highest BCUT2D eigenvalue weighted by atomic mass is 16.2. The molecular formula is C8H11O. The average Bonchev–Trinajstić information content (AvgIpc) is 1.91. The zero-order valence-electron chi connectivity index (χ0n) is 5.38. The summed E-state index contributed by atoms with van der Waals surface area (Å²) in [6.45, 7) is 0.254. The van der Waals surface area contributed by atoms with Crippen LogP contribution in [0.2, 0.25) is 0 Å². The Morgan fingerprint density at radius 2 is 2.44 bits per heavy atom. The fourth-order valence-electron chi connectivity index (χ4n) is 0.869. The number of hydrogen-bond donors (Lipinski definition) is 1. The van der Waals surface area contributed by atoms with E-state index in [1.807, 2.05) is 0 Å². The first-order valence-corrected chi connectivity index (χ1v) is 3.23. The summed E-state index contributed by atoms with van der Waals surface area (Å²) in [6.07, 6.45) is 10.2. The van der Waals surface area contributed by atoms with Crippen molar-refractivity contribution in [3.8, 4) is 0 Å². The molecule has 1 heteroatoms. The second-order valence-corrected chi connectivity index (χ2v) is 2.09. The van der Waals surface area contributed by atoms with Crippen molar-refractivity contribution in [1.82, 2.24) is 0 Å². The Labute approximate surface area is 55.7 Å². The van der Waals surface area contributed by atoms with Gasteiger partial charge in [-0.05, 0) is 24.8 Å². The number of aliphatic hydroxyl groups excluding tert-OH is 1. The van der Waals surface area contributed by atoms with Crippen LogP contribution in [0, 0.1) is 6.42 Å². The topological polar surface area (TPSA) is 20.2 Å². The molecule has 0 bridgehead atoms. The molecule has 0 aromatic carbocycles. The summed E-state index contributed by atoms with van der Waals surface area (Å²) in [6, 6.07) is 0. The van der Waals surface area contributed by atoms with E-state index in [-0.39, 0.29) is 6.61 Å². The largest absolute Gasteiger partial charge is 0.396 e. The van der Waals surface area contributed by atoms with Gasteiger partial charge in [0.15, 0.2) is 0 Å². The zero-order chi connectivity index (χ0) is 6.53. The average molecular weight is 123 g/mol. The van der Waals surface area contributed by atoms with E-state index in [2.05, 4.69) is 24.6 Å². The second-order valence-electron chi connectivity index (χ2n) is 2.09. The van der Waals surface area contributed by atoms with Crippen LogP contribution in [0.3, 0.4) is 0 Å². The van der Waals surface area contributed by atoms with Gasteiger partial charge in [0.25, 0.3) is 0 Å². The van der Waals surface area contributed by atoms with Crippen LogP contribution in [-0.2, 0) is 0 Å². The molecule has 0 fully saturated rings. The van der Waals surface area contributed by atoms with E-state index in [0.717, 1.165) is 12.8 Å². The van der Waals surface area contributed by atoms with Gasteiger partial charge < -0.3 is 5.11 Å². The minimum absolute atomic E-state index is 0.254. The molecule has 0 aromatic heterocycles. The van der Waals surface area contributed by atoms with E-state index in [4.69, 9.17) is 5.11 Å². The predicted molar refractivity (Wildman–Crippen MR) is 37.8 cm³/mol. The lowest BCUT2D eigenvalue weighted by Crippen LogP contribution is -1.88. The molecular weight excluding hydrogens is 112 g/mol. The molecule has 1 rings (SSSR count). The van der Waals surface area contributed by atoms with Crippen LogP contribution in [0.25, 0.3) is 0 Å². The minimum Gasteiger partial charge on any atom is -0.396 e. The lowest BCUT2D eigenvalue weighted by molar-refractivity contribution is 0.300. The van der Waals surface area contributed by atoms with Crippen molar-refractivity contribution in [2.75, 3.05) is 6.61 Å². The SMILES string of the molecule is OCCC1=C[CH]CC=C1. The predicted octanol–water partition coefficient (Wildman–Crippen LogP) is 1.46. The van der Waals surface area contributed by atoms with Gasteiger partial charge in [0, 0.05) is 6.61 Å². The first-order chi connectivity index (χ1) is 4.43. The molecule has 0 atom stereocenters. The monoisotopic (exact) mass is 123 g/mol. The summed E-state index contributed by atoms with van der Waals surface area (Å²) in [5.74, 6) is 0. The third-order valence-electron chi connectivity index (χ3n) is 1.34. The lowest BCUT2D eigenvalue weighted by Gasteiger charge is -2.02. The van der Waals surface area contributed by atoms with Gasteiger partial charge in [-0.3, -0.25) is 0 Å². The molecule has 0 heterocycles. The molecule has 0 spiro atoms. The maximum Gasteiger partial charge on any atom is 0.0471 e. The van der Waals surface area contributed by atoms with Crippen LogP contribution < -0.4 is 0 Å². The van der Waals surface area contributed by atoms with Crippen LogP contribution in [0.15, 0.2) is 23.8 Å². The Kier molecular flexibility index (Phi) is 2.52. The minimum atomic E-state index is 0.254. The lowest BCUT2D eigenvalue weighted by atomic mass is 10.1. The van der Waals surface area contributed by atoms with E-state index in [1.165, 1.54) is 5.57 Å². The highest BCUT2D eigenvalue weighted by Crippen LogP contribution is 2.10. The molecule has 0 unspecified atom stereocenters. The number of hydrogen-bond acceptors (Lipinski definition) is 1. The Morgan fingerprint density at radius 3 is 3.00 bits per heavy atom. The van der Waals surface area contributed by atoms with Gasteiger partial charge in [0.05, 0.1) is 0 Å². The first kappa shape index (κ1) is 6.56. The Balaban J connectivity index is 2.38. The standard InChI is InChI=1S/C8H11O/c9-7-6-8-4-2-1-3-5-8/h2-5,9H,1,6-7H2. The Hall–Kier alpha value is -0.560. The summed E-state index contributed by atoms with van der Waals surface area (Å²) < 4.78 is 0. The molecule has 0 saturated carbocycles. The molecule has 0 aliphatic heterocycles. The molecule has 1 aliphatic carbocycles. The molecule has 1 N–H and O–H groups in total. The molecule has 0 saturated heterocycles. The van der Waals surface area contributed by atoms with Crippen molar-refractivity contribution < 1.29 is 5.11 Å². The fourth-order valence-corrected chi connectivity index (χ4v) is 0.869. The van der Waals surface area contributed by atoms with Gasteiger partial charge in [0.1, 0.15) is 0 Å². The van der Waals surface area contributed by atoms with Crippen LogP contribution in [0.1, 0.15) is 12.8 Å². The van der Waals surface area contributed by atoms with Crippen LogP contribution >= 0.6 is 0 Å². The van der Waals surface area contributed by atoms with E-state index in [9.17, 15) is 0 Å². The van der Waals surface area contributed by atoms with Crippen molar-refractivity contribution in [1.29, 1.82) is 0 Å². The van der Waals surface area contributed by atoms with Gasteiger partial charge in [-0.1, -0.05) is 18.2 Å². The highest BCUT2D eigenvalue weighted by molar-refractivity contribution is 5.26. The Bertz CT molecular complexity index is 134. The molecule has 0 aromatic rings. The maximum absolute atomic E-state index is 8.53. The van der Waals surface area contributed by atoms with Crippen molar-refractivity contribution in [3.63, 3.8) is 0 Å². The Morgan fingerprint density at radius 1 is 1.56 bits per heavy atom. The number of rotatable bonds is 2. The highest BCUT2D eigenvalue weighted by Gasteiger charge is 1.94. The maximum atomic E-state index is 8.53. The first-order valence-electron chi connectivity index (χ1n) is 3.23. The van der Waals surface area contributed by atoms with Gasteiger partial charge in [-0.15, -0.1) is 0 Å². The molecule has 49 valence electrons. The number of aliphatic hydroxyl groups is 1. The van der Waals surface area contributed by atoms with E-state index < -0.39 is 0 Å². The quantitative estimate of drug-likeness (QED) is 0.589. The fraction of sp³-hybridized carbons (Fsp3) is 0.375. The normalized spacial score (nSPS) is 17.7. The summed E-state index contributed by atoms with van der Waals surface area (Å²) in [5, 5.41) is 8.53. The van der Waals surface area contributed by atoms with Gasteiger partial charge >= 0.3 is 0 Å².